The quantitative estimate of drug-likeness (QED) is 0.803. The lowest BCUT2D eigenvalue weighted by atomic mass is 9.81. The van der Waals surface area contributed by atoms with Crippen LogP contribution in [0.3, 0.4) is 0 Å². The number of nitrogens with one attached hydrogen (secondary N) is 1. The van der Waals surface area contributed by atoms with E-state index in [1.54, 1.807) is 31.1 Å². The Kier molecular flexibility index (Phi) is 6.00. The van der Waals surface area contributed by atoms with Gasteiger partial charge in [-0.2, -0.15) is 5.26 Å². The number of nitrogens with zero attached hydrogens (tertiary/aromatic N) is 2. The standard InChI is InChI=1S/C18H21N3OS/c1-4-5-9-23-18-15(10-19)17(14-7-6-8-20-11-14)16(13(3)22)12(2)21-18/h6-8,11,17,21H,4-5,9H2,1-3H3/t17-/m0/s1. The first-order valence-corrected chi connectivity index (χ1v) is 8.74. The molecule has 0 aromatic carbocycles. The Balaban J connectivity index is 2.50. The first kappa shape index (κ1) is 17.3. The van der Waals surface area contributed by atoms with Gasteiger partial charge in [0.15, 0.2) is 5.78 Å². The maximum atomic E-state index is 12.2. The third-order valence-electron chi connectivity index (χ3n) is 3.79. The monoisotopic (exact) mass is 327 g/mol. The number of hydrogen-bond donors (Lipinski definition) is 1. The van der Waals surface area contributed by atoms with Gasteiger partial charge in [0.05, 0.1) is 22.6 Å². The molecule has 4 nitrogen and oxygen atoms in total. The minimum absolute atomic E-state index is 0.0192. The van der Waals surface area contributed by atoms with Crippen LogP contribution in [-0.4, -0.2) is 16.5 Å². The van der Waals surface area contributed by atoms with E-state index in [-0.39, 0.29) is 11.7 Å². The minimum Gasteiger partial charge on any atom is -0.353 e. The largest absolute Gasteiger partial charge is 0.353 e. The van der Waals surface area contributed by atoms with Crippen molar-refractivity contribution in [1.82, 2.24) is 10.3 Å². The fourth-order valence-electron chi connectivity index (χ4n) is 2.69. The number of hydrogen-bond acceptors (Lipinski definition) is 5. The fourth-order valence-corrected chi connectivity index (χ4v) is 3.87. The lowest BCUT2D eigenvalue weighted by Crippen LogP contribution is -2.27. The van der Waals surface area contributed by atoms with Crippen LogP contribution in [0, 0.1) is 11.3 Å². The number of carbonyl (C=O) groups excluding carboxylic acids is 1. The highest BCUT2D eigenvalue weighted by Gasteiger charge is 2.32. The predicted octanol–water partition coefficient (Wildman–Crippen LogP) is 3.90. The molecular weight excluding hydrogens is 306 g/mol. The van der Waals surface area contributed by atoms with Crippen molar-refractivity contribution >= 4 is 17.5 Å². The highest BCUT2D eigenvalue weighted by molar-refractivity contribution is 8.03. The summed E-state index contributed by atoms with van der Waals surface area (Å²) < 4.78 is 0. The van der Waals surface area contributed by atoms with Crippen LogP contribution in [0.1, 0.15) is 45.1 Å². The summed E-state index contributed by atoms with van der Waals surface area (Å²) in [6, 6.07) is 6.08. The number of allylic oxidation sites excluding steroid dienone is 3. The molecule has 120 valence electrons. The maximum Gasteiger partial charge on any atom is 0.158 e. The molecule has 2 rings (SSSR count). The summed E-state index contributed by atoms with van der Waals surface area (Å²) in [5, 5.41) is 13.8. The average molecular weight is 327 g/mol. The normalized spacial score (nSPS) is 17.7. The summed E-state index contributed by atoms with van der Waals surface area (Å²) in [6.45, 7) is 5.59. The summed E-state index contributed by atoms with van der Waals surface area (Å²) in [7, 11) is 0. The molecule has 0 fully saturated rings. The van der Waals surface area contributed by atoms with E-state index < -0.39 is 0 Å². The summed E-state index contributed by atoms with van der Waals surface area (Å²) >= 11 is 1.65. The molecule has 0 saturated heterocycles. The van der Waals surface area contributed by atoms with Gasteiger partial charge >= 0.3 is 0 Å². The van der Waals surface area contributed by atoms with Crippen LogP contribution in [0.4, 0.5) is 0 Å². The molecule has 0 amide bonds. The predicted molar refractivity (Wildman–Crippen MR) is 93.5 cm³/mol. The Hall–Kier alpha value is -2.06. The Bertz CT molecular complexity index is 686. The van der Waals surface area contributed by atoms with Crippen LogP contribution in [-0.2, 0) is 4.79 Å². The highest BCUT2D eigenvalue weighted by atomic mass is 32.2. The second kappa shape index (κ2) is 7.98. The number of pyridine rings is 1. The number of Topliss-reactive ketones (excluding diaryl/α,β-unsaturated/α-hetero) is 1. The second-order valence-electron chi connectivity index (χ2n) is 5.50. The Morgan fingerprint density at radius 2 is 2.30 bits per heavy atom. The molecular formula is C18H21N3OS. The molecule has 1 N–H and O–H groups in total. The molecule has 1 aliphatic rings. The molecule has 23 heavy (non-hydrogen) atoms. The number of nitriles is 1. The number of carbonyl (C=O) groups is 1. The zero-order valence-electron chi connectivity index (χ0n) is 13.7. The number of aromatic nitrogens is 1. The SMILES string of the molecule is CCCCSC1=C(C#N)[C@H](c2cccnc2)C(C(C)=O)=C(C)N1. The van der Waals surface area contributed by atoms with E-state index in [0.29, 0.717) is 11.1 Å². The molecule has 1 atom stereocenters. The molecule has 0 bridgehead atoms. The number of rotatable bonds is 6. The van der Waals surface area contributed by atoms with Gasteiger partial charge in [0, 0.05) is 23.7 Å². The van der Waals surface area contributed by atoms with Crippen molar-refractivity contribution in [3.8, 4) is 6.07 Å². The van der Waals surface area contributed by atoms with Gasteiger partial charge in [0.2, 0.25) is 0 Å². The Morgan fingerprint density at radius 1 is 1.52 bits per heavy atom. The van der Waals surface area contributed by atoms with Crippen molar-refractivity contribution in [3.63, 3.8) is 0 Å². The van der Waals surface area contributed by atoms with Crippen LogP contribution in [0.2, 0.25) is 0 Å². The Morgan fingerprint density at radius 3 is 2.87 bits per heavy atom. The van der Waals surface area contributed by atoms with E-state index in [1.807, 2.05) is 19.1 Å². The summed E-state index contributed by atoms with van der Waals surface area (Å²) in [4.78, 5) is 16.3. The van der Waals surface area contributed by atoms with Crippen molar-refractivity contribution in [2.45, 2.75) is 39.5 Å². The molecule has 2 heterocycles. The van der Waals surface area contributed by atoms with Crippen LogP contribution in [0.15, 0.2) is 46.4 Å². The van der Waals surface area contributed by atoms with Crippen molar-refractivity contribution in [2.75, 3.05) is 5.75 Å². The van der Waals surface area contributed by atoms with E-state index in [0.717, 1.165) is 34.9 Å². The number of thioether (sulfide) groups is 1. The van der Waals surface area contributed by atoms with Gasteiger partial charge in [-0.1, -0.05) is 19.4 Å². The zero-order valence-corrected chi connectivity index (χ0v) is 14.5. The maximum absolute atomic E-state index is 12.2. The molecule has 0 unspecified atom stereocenters. The number of ketones is 1. The molecule has 1 aromatic rings. The topological polar surface area (TPSA) is 65.8 Å². The Labute approximate surface area is 141 Å². The third kappa shape index (κ3) is 3.83. The van der Waals surface area contributed by atoms with Gasteiger partial charge in [-0.15, -0.1) is 11.8 Å². The van der Waals surface area contributed by atoms with Gasteiger partial charge in [-0.05, 0) is 37.7 Å². The lowest BCUT2D eigenvalue weighted by Gasteiger charge is -2.29. The molecule has 0 saturated carbocycles. The minimum atomic E-state index is -0.337. The van der Waals surface area contributed by atoms with Gasteiger partial charge in [-0.25, -0.2) is 0 Å². The first-order chi connectivity index (χ1) is 11.1. The highest BCUT2D eigenvalue weighted by Crippen LogP contribution is 2.40. The van der Waals surface area contributed by atoms with Crippen LogP contribution in [0.5, 0.6) is 0 Å². The van der Waals surface area contributed by atoms with E-state index in [1.165, 1.54) is 0 Å². The fraction of sp³-hybridized carbons (Fsp3) is 0.389. The smallest absolute Gasteiger partial charge is 0.158 e. The van der Waals surface area contributed by atoms with E-state index in [4.69, 9.17) is 0 Å². The summed E-state index contributed by atoms with van der Waals surface area (Å²) in [5.41, 5.74) is 2.96. The van der Waals surface area contributed by atoms with Crippen molar-refractivity contribution in [2.24, 2.45) is 0 Å². The molecule has 5 heteroatoms. The van der Waals surface area contributed by atoms with Crippen molar-refractivity contribution < 1.29 is 4.79 Å². The van der Waals surface area contributed by atoms with Crippen LogP contribution < -0.4 is 5.32 Å². The van der Waals surface area contributed by atoms with Gasteiger partial charge in [0.25, 0.3) is 0 Å². The molecule has 1 aliphatic heterocycles. The van der Waals surface area contributed by atoms with E-state index in [2.05, 4.69) is 23.3 Å². The first-order valence-electron chi connectivity index (χ1n) is 7.75. The van der Waals surface area contributed by atoms with Crippen LogP contribution >= 0.6 is 11.8 Å². The van der Waals surface area contributed by atoms with Crippen molar-refractivity contribution in [1.29, 1.82) is 5.26 Å². The molecule has 0 aliphatic carbocycles. The molecule has 0 spiro atoms. The number of unbranched alkanes of at least 4 members (excludes halogenated alkanes) is 1. The summed E-state index contributed by atoms with van der Waals surface area (Å²) in [5.74, 6) is 0.595. The van der Waals surface area contributed by atoms with E-state index >= 15 is 0 Å². The zero-order chi connectivity index (χ0) is 16.8. The summed E-state index contributed by atoms with van der Waals surface area (Å²) in [6.07, 6.45) is 5.63. The second-order valence-corrected chi connectivity index (χ2v) is 6.60. The average Bonchev–Trinajstić information content (AvgIpc) is 2.55. The van der Waals surface area contributed by atoms with Gasteiger partial charge in [-0.3, -0.25) is 9.78 Å². The van der Waals surface area contributed by atoms with E-state index in [9.17, 15) is 10.1 Å². The lowest BCUT2D eigenvalue weighted by molar-refractivity contribution is -0.113. The number of dihydropyridines is 1. The van der Waals surface area contributed by atoms with Crippen molar-refractivity contribution in [3.05, 3.63) is 52.0 Å². The van der Waals surface area contributed by atoms with Gasteiger partial charge in [0.1, 0.15) is 0 Å². The van der Waals surface area contributed by atoms with Gasteiger partial charge < -0.3 is 5.32 Å². The van der Waals surface area contributed by atoms with Crippen LogP contribution in [0.25, 0.3) is 0 Å². The molecule has 1 aromatic heterocycles. The molecule has 0 radical (unpaired) electrons. The third-order valence-corrected chi connectivity index (χ3v) is 4.89.